The fraction of sp³-hybridized carbons (Fsp3) is 0.900. The fourth-order valence-corrected chi connectivity index (χ4v) is 1.92. The minimum Gasteiger partial charge on any atom is -0.378 e. The number of ether oxygens (including phenoxy) is 1. The maximum absolute atomic E-state index is 5.51. The Morgan fingerprint density at radius 1 is 1.64 bits per heavy atom. The van der Waals surface area contributed by atoms with Gasteiger partial charge in [0, 0.05) is 32.2 Å². The summed E-state index contributed by atoms with van der Waals surface area (Å²) in [5.74, 6) is 1.61. The Morgan fingerprint density at radius 3 is 3.21 bits per heavy atom. The number of rotatable bonds is 2. The van der Waals surface area contributed by atoms with E-state index in [2.05, 4.69) is 22.5 Å². The van der Waals surface area contributed by atoms with Crippen LogP contribution in [0.2, 0.25) is 0 Å². The Kier molecular flexibility index (Phi) is 3.24. The van der Waals surface area contributed by atoms with Gasteiger partial charge in [-0.3, -0.25) is 4.99 Å². The highest BCUT2D eigenvalue weighted by atomic mass is 16.5. The number of nitrogens with one attached hydrogen (secondary N) is 2. The van der Waals surface area contributed by atoms with Crippen molar-refractivity contribution in [2.24, 2.45) is 10.9 Å². The van der Waals surface area contributed by atoms with Gasteiger partial charge in [0.25, 0.3) is 0 Å². The quantitative estimate of drug-likeness (QED) is 0.671. The minimum absolute atomic E-state index is 0.395. The molecule has 1 saturated heterocycles. The van der Waals surface area contributed by atoms with Gasteiger partial charge in [0.2, 0.25) is 0 Å². The fourth-order valence-electron chi connectivity index (χ4n) is 1.92. The van der Waals surface area contributed by atoms with Crippen LogP contribution in [0.5, 0.6) is 0 Å². The first-order valence-corrected chi connectivity index (χ1v) is 5.50. The lowest BCUT2D eigenvalue weighted by Crippen LogP contribution is -2.43. The molecule has 80 valence electrons. The van der Waals surface area contributed by atoms with Gasteiger partial charge in [-0.05, 0) is 19.8 Å². The molecule has 2 aliphatic heterocycles. The Labute approximate surface area is 85.1 Å². The maximum Gasteiger partial charge on any atom is 0.191 e. The van der Waals surface area contributed by atoms with E-state index < -0.39 is 0 Å². The monoisotopic (exact) mass is 197 g/mol. The van der Waals surface area contributed by atoms with Crippen LogP contribution in [-0.2, 0) is 4.74 Å². The van der Waals surface area contributed by atoms with E-state index >= 15 is 0 Å². The molecule has 0 radical (unpaired) electrons. The maximum atomic E-state index is 5.51. The molecule has 0 amide bonds. The molecule has 1 fully saturated rings. The average Bonchev–Trinajstić information content (AvgIpc) is 2.63. The first kappa shape index (κ1) is 9.77. The molecule has 0 aromatic rings. The van der Waals surface area contributed by atoms with Crippen molar-refractivity contribution in [3.8, 4) is 0 Å². The number of hydrogen-bond donors (Lipinski definition) is 2. The van der Waals surface area contributed by atoms with Gasteiger partial charge in [-0.1, -0.05) is 0 Å². The first-order valence-electron chi connectivity index (χ1n) is 5.50. The van der Waals surface area contributed by atoms with Gasteiger partial charge in [-0.2, -0.15) is 0 Å². The van der Waals surface area contributed by atoms with Crippen LogP contribution < -0.4 is 10.6 Å². The zero-order valence-corrected chi connectivity index (χ0v) is 8.75. The molecule has 4 nitrogen and oxygen atoms in total. The van der Waals surface area contributed by atoms with Crippen molar-refractivity contribution in [3.63, 3.8) is 0 Å². The molecule has 0 aliphatic carbocycles. The van der Waals surface area contributed by atoms with Crippen LogP contribution in [0.25, 0.3) is 0 Å². The third-order valence-corrected chi connectivity index (χ3v) is 2.96. The topological polar surface area (TPSA) is 45.6 Å². The Bertz CT molecular complexity index is 217. The molecule has 2 heterocycles. The molecule has 4 heteroatoms. The molecule has 2 rings (SSSR count). The van der Waals surface area contributed by atoms with Gasteiger partial charge in [0.1, 0.15) is 0 Å². The predicted molar refractivity (Wildman–Crippen MR) is 56.4 cm³/mol. The standard InChI is InChI=1S/C10H19N3O/c1-8-9(3-6-14-8)7-13-10-11-4-2-5-12-10/h8-9H,2-7H2,1H3,(H2,11,12,13). The summed E-state index contributed by atoms with van der Waals surface area (Å²) in [5.41, 5.74) is 0. The van der Waals surface area contributed by atoms with Crippen molar-refractivity contribution >= 4 is 5.96 Å². The smallest absolute Gasteiger partial charge is 0.191 e. The summed E-state index contributed by atoms with van der Waals surface area (Å²) in [6.07, 6.45) is 2.71. The average molecular weight is 197 g/mol. The molecule has 2 N–H and O–H groups in total. The second-order valence-corrected chi connectivity index (χ2v) is 4.02. The molecule has 14 heavy (non-hydrogen) atoms. The van der Waals surface area contributed by atoms with Gasteiger partial charge < -0.3 is 15.4 Å². The van der Waals surface area contributed by atoms with E-state index in [1.54, 1.807) is 0 Å². The first-order chi connectivity index (χ1) is 6.86. The summed E-state index contributed by atoms with van der Waals surface area (Å²) in [6, 6.07) is 0. The minimum atomic E-state index is 0.395. The normalized spacial score (nSPS) is 32.2. The van der Waals surface area contributed by atoms with Crippen molar-refractivity contribution in [2.75, 3.05) is 26.2 Å². The zero-order chi connectivity index (χ0) is 9.80. The SMILES string of the molecule is CC1OCCC1CNC1=NCCCN1. The van der Waals surface area contributed by atoms with Crippen molar-refractivity contribution in [2.45, 2.75) is 25.9 Å². The van der Waals surface area contributed by atoms with Crippen LogP contribution in [0, 0.1) is 5.92 Å². The third kappa shape index (κ3) is 2.38. The van der Waals surface area contributed by atoms with Crippen molar-refractivity contribution in [1.29, 1.82) is 0 Å². The Hall–Kier alpha value is -0.770. The van der Waals surface area contributed by atoms with Gasteiger partial charge in [0.15, 0.2) is 5.96 Å². The summed E-state index contributed by atoms with van der Waals surface area (Å²) < 4.78 is 5.51. The van der Waals surface area contributed by atoms with Crippen LogP contribution in [0.15, 0.2) is 4.99 Å². The van der Waals surface area contributed by atoms with Crippen molar-refractivity contribution in [1.82, 2.24) is 10.6 Å². The molecule has 0 bridgehead atoms. The zero-order valence-electron chi connectivity index (χ0n) is 8.75. The highest BCUT2D eigenvalue weighted by molar-refractivity contribution is 5.80. The van der Waals surface area contributed by atoms with E-state index in [-0.39, 0.29) is 0 Å². The highest BCUT2D eigenvalue weighted by Gasteiger charge is 2.24. The molecule has 2 aliphatic rings. The molecule has 2 atom stereocenters. The lowest BCUT2D eigenvalue weighted by Gasteiger charge is -2.19. The van der Waals surface area contributed by atoms with Crippen LogP contribution in [0.3, 0.4) is 0 Å². The number of nitrogens with zero attached hydrogens (tertiary/aromatic N) is 1. The lowest BCUT2D eigenvalue weighted by atomic mass is 10.0. The third-order valence-electron chi connectivity index (χ3n) is 2.96. The van der Waals surface area contributed by atoms with Gasteiger partial charge >= 0.3 is 0 Å². The van der Waals surface area contributed by atoms with Crippen molar-refractivity contribution in [3.05, 3.63) is 0 Å². The van der Waals surface area contributed by atoms with Crippen LogP contribution in [0.4, 0.5) is 0 Å². The highest BCUT2D eigenvalue weighted by Crippen LogP contribution is 2.19. The Balaban J connectivity index is 1.73. The second kappa shape index (κ2) is 4.64. The van der Waals surface area contributed by atoms with Gasteiger partial charge in [-0.15, -0.1) is 0 Å². The lowest BCUT2D eigenvalue weighted by molar-refractivity contribution is 0.106. The van der Waals surface area contributed by atoms with E-state index in [0.717, 1.165) is 38.6 Å². The molecular formula is C10H19N3O. The Morgan fingerprint density at radius 2 is 2.57 bits per heavy atom. The number of guanidine groups is 1. The van der Waals surface area contributed by atoms with Crippen LogP contribution in [0.1, 0.15) is 19.8 Å². The van der Waals surface area contributed by atoms with Gasteiger partial charge in [-0.25, -0.2) is 0 Å². The molecule has 0 aromatic heterocycles. The summed E-state index contributed by atoms with van der Waals surface area (Å²) in [7, 11) is 0. The summed E-state index contributed by atoms with van der Waals surface area (Å²) in [6.45, 7) is 6.03. The molecule has 2 unspecified atom stereocenters. The van der Waals surface area contributed by atoms with E-state index in [1.165, 1.54) is 6.42 Å². The van der Waals surface area contributed by atoms with Crippen molar-refractivity contribution < 1.29 is 4.74 Å². The van der Waals surface area contributed by atoms with Crippen LogP contribution >= 0.6 is 0 Å². The number of aliphatic imine (C=N–C) groups is 1. The molecular weight excluding hydrogens is 178 g/mol. The van der Waals surface area contributed by atoms with E-state index in [9.17, 15) is 0 Å². The molecule has 0 spiro atoms. The second-order valence-electron chi connectivity index (χ2n) is 4.02. The summed E-state index contributed by atoms with van der Waals surface area (Å²) in [5, 5.41) is 6.61. The number of hydrogen-bond acceptors (Lipinski definition) is 4. The van der Waals surface area contributed by atoms with Crippen LogP contribution in [-0.4, -0.2) is 38.3 Å². The predicted octanol–water partition coefficient (Wildman–Crippen LogP) is 0.350. The summed E-state index contributed by atoms with van der Waals surface area (Å²) >= 11 is 0. The largest absolute Gasteiger partial charge is 0.378 e. The van der Waals surface area contributed by atoms with Gasteiger partial charge in [0.05, 0.1) is 6.10 Å². The summed E-state index contributed by atoms with van der Waals surface area (Å²) in [4.78, 5) is 4.37. The van der Waals surface area contributed by atoms with E-state index in [1.807, 2.05) is 0 Å². The molecule has 0 aromatic carbocycles. The van der Waals surface area contributed by atoms with E-state index in [0.29, 0.717) is 12.0 Å². The molecule has 0 saturated carbocycles. The van der Waals surface area contributed by atoms with E-state index in [4.69, 9.17) is 4.74 Å².